The maximum absolute atomic E-state index is 10.6. The van der Waals surface area contributed by atoms with E-state index in [2.05, 4.69) is 0 Å². The number of ether oxygens (including phenoxy) is 2. The molecule has 19 heavy (non-hydrogen) atoms. The zero-order chi connectivity index (χ0) is 13.1. The van der Waals surface area contributed by atoms with Crippen LogP contribution in [0.2, 0.25) is 0 Å². The molecule has 1 saturated carbocycles. The zero-order valence-electron chi connectivity index (χ0n) is 11.9. The Kier molecular flexibility index (Phi) is 4.78. The number of rotatable bonds is 4. The van der Waals surface area contributed by atoms with Gasteiger partial charge in [0.25, 0.3) is 0 Å². The Morgan fingerprint density at radius 2 is 1.26 bits per heavy atom. The number of hydrogen-bond acceptors (Lipinski definition) is 3. The maximum Gasteiger partial charge on any atom is 0.0598 e. The molecule has 0 spiro atoms. The standard InChI is InChI=1S/C16H28O3/c17-16-12(10-14-6-2-8-18-14)4-1-5-13(16)11-15-7-3-9-19-15/h12-17H,1-11H2/t12-,13+,14-,15-,16?/m0/s1. The Morgan fingerprint density at radius 1 is 0.737 bits per heavy atom. The first-order valence-corrected chi connectivity index (χ1v) is 8.24. The second-order valence-corrected chi connectivity index (χ2v) is 6.68. The molecule has 1 unspecified atom stereocenters. The molecule has 3 aliphatic rings. The summed E-state index contributed by atoms with van der Waals surface area (Å²) >= 11 is 0. The molecule has 2 saturated heterocycles. The normalized spacial score (nSPS) is 43.7. The average Bonchev–Trinajstić information content (AvgIpc) is 3.07. The van der Waals surface area contributed by atoms with Crippen molar-refractivity contribution in [3.63, 3.8) is 0 Å². The predicted octanol–water partition coefficient (Wildman–Crippen LogP) is 2.90. The summed E-state index contributed by atoms with van der Waals surface area (Å²) < 4.78 is 11.5. The van der Waals surface area contributed by atoms with Crippen molar-refractivity contribution in [3.05, 3.63) is 0 Å². The highest BCUT2D eigenvalue weighted by Gasteiger charge is 2.35. The molecule has 0 aromatic rings. The Hall–Kier alpha value is -0.120. The molecular weight excluding hydrogens is 240 g/mol. The van der Waals surface area contributed by atoms with E-state index in [1.54, 1.807) is 0 Å². The fraction of sp³-hybridized carbons (Fsp3) is 1.00. The van der Waals surface area contributed by atoms with Crippen LogP contribution in [0.4, 0.5) is 0 Å². The topological polar surface area (TPSA) is 38.7 Å². The Balaban J connectivity index is 1.50. The van der Waals surface area contributed by atoms with E-state index in [9.17, 15) is 5.11 Å². The minimum atomic E-state index is -0.123. The van der Waals surface area contributed by atoms with Crippen LogP contribution < -0.4 is 0 Å². The van der Waals surface area contributed by atoms with E-state index in [1.807, 2.05) is 0 Å². The third kappa shape index (κ3) is 3.50. The minimum absolute atomic E-state index is 0.123. The summed E-state index contributed by atoms with van der Waals surface area (Å²) in [7, 11) is 0. The van der Waals surface area contributed by atoms with Gasteiger partial charge in [-0.3, -0.25) is 0 Å². The molecule has 2 aliphatic heterocycles. The van der Waals surface area contributed by atoms with E-state index in [0.29, 0.717) is 24.0 Å². The number of hydrogen-bond donors (Lipinski definition) is 1. The number of aliphatic hydroxyl groups is 1. The van der Waals surface area contributed by atoms with Crippen LogP contribution in [0, 0.1) is 11.8 Å². The van der Waals surface area contributed by atoms with E-state index < -0.39 is 0 Å². The molecule has 110 valence electrons. The van der Waals surface area contributed by atoms with Gasteiger partial charge in [0.2, 0.25) is 0 Å². The highest BCUT2D eigenvalue weighted by atomic mass is 16.5. The van der Waals surface area contributed by atoms with Crippen molar-refractivity contribution < 1.29 is 14.6 Å². The molecule has 0 amide bonds. The molecule has 3 rings (SSSR count). The quantitative estimate of drug-likeness (QED) is 0.852. The largest absolute Gasteiger partial charge is 0.393 e. The lowest BCUT2D eigenvalue weighted by molar-refractivity contribution is -0.0301. The van der Waals surface area contributed by atoms with Crippen molar-refractivity contribution in [2.75, 3.05) is 13.2 Å². The summed E-state index contributed by atoms with van der Waals surface area (Å²) in [5.41, 5.74) is 0. The third-order valence-electron chi connectivity index (χ3n) is 5.30. The molecule has 2 heterocycles. The molecule has 3 heteroatoms. The summed E-state index contributed by atoms with van der Waals surface area (Å²) in [5, 5.41) is 10.6. The molecular formula is C16H28O3. The Morgan fingerprint density at radius 3 is 1.68 bits per heavy atom. The van der Waals surface area contributed by atoms with Crippen LogP contribution in [-0.4, -0.2) is 36.6 Å². The van der Waals surface area contributed by atoms with Gasteiger partial charge in [-0.05, 0) is 63.2 Å². The van der Waals surface area contributed by atoms with Crippen LogP contribution in [0.1, 0.15) is 57.8 Å². The van der Waals surface area contributed by atoms with Gasteiger partial charge >= 0.3 is 0 Å². The van der Waals surface area contributed by atoms with Crippen molar-refractivity contribution in [2.45, 2.75) is 76.1 Å². The van der Waals surface area contributed by atoms with Gasteiger partial charge in [-0.15, -0.1) is 0 Å². The summed E-state index contributed by atoms with van der Waals surface area (Å²) in [6.07, 6.45) is 11.3. The monoisotopic (exact) mass is 268 g/mol. The minimum Gasteiger partial charge on any atom is -0.393 e. The smallest absolute Gasteiger partial charge is 0.0598 e. The first kappa shape index (κ1) is 13.8. The van der Waals surface area contributed by atoms with Gasteiger partial charge in [0.1, 0.15) is 0 Å². The molecule has 0 radical (unpaired) electrons. The van der Waals surface area contributed by atoms with Gasteiger partial charge in [0.15, 0.2) is 0 Å². The van der Waals surface area contributed by atoms with E-state index in [4.69, 9.17) is 9.47 Å². The van der Waals surface area contributed by atoms with Gasteiger partial charge in [-0.1, -0.05) is 6.42 Å². The van der Waals surface area contributed by atoms with Crippen LogP contribution >= 0.6 is 0 Å². The van der Waals surface area contributed by atoms with Crippen molar-refractivity contribution in [1.29, 1.82) is 0 Å². The van der Waals surface area contributed by atoms with Gasteiger partial charge in [0.05, 0.1) is 18.3 Å². The van der Waals surface area contributed by atoms with E-state index >= 15 is 0 Å². The van der Waals surface area contributed by atoms with E-state index in [0.717, 1.165) is 26.1 Å². The summed E-state index contributed by atoms with van der Waals surface area (Å²) in [5.74, 6) is 0.923. The third-order valence-corrected chi connectivity index (χ3v) is 5.30. The van der Waals surface area contributed by atoms with Crippen molar-refractivity contribution in [3.8, 4) is 0 Å². The van der Waals surface area contributed by atoms with E-state index in [-0.39, 0.29) is 6.10 Å². The van der Waals surface area contributed by atoms with Crippen molar-refractivity contribution in [2.24, 2.45) is 11.8 Å². The summed E-state index contributed by atoms with van der Waals surface area (Å²) in [4.78, 5) is 0. The fourth-order valence-corrected chi connectivity index (χ4v) is 4.22. The molecule has 0 aromatic heterocycles. The van der Waals surface area contributed by atoms with Gasteiger partial charge in [-0.2, -0.15) is 0 Å². The highest BCUT2D eigenvalue weighted by molar-refractivity contribution is 4.86. The Labute approximate surface area is 116 Å². The van der Waals surface area contributed by atoms with Crippen molar-refractivity contribution in [1.82, 2.24) is 0 Å². The lowest BCUT2D eigenvalue weighted by Crippen LogP contribution is -2.37. The Bertz CT molecular complexity index is 243. The SMILES string of the molecule is OC1[C@@H](C[C@@H]2CCCO2)CCC[C@H]1C[C@@H]1CCCO1. The van der Waals surface area contributed by atoms with Crippen LogP contribution in [-0.2, 0) is 9.47 Å². The van der Waals surface area contributed by atoms with Gasteiger partial charge < -0.3 is 14.6 Å². The van der Waals surface area contributed by atoms with Crippen LogP contribution in [0.3, 0.4) is 0 Å². The zero-order valence-corrected chi connectivity index (χ0v) is 11.9. The molecule has 1 aliphatic carbocycles. The van der Waals surface area contributed by atoms with Crippen molar-refractivity contribution >= 4 is 0 Å². The molecule has 0 bridgehead atoms. The van der Waals surface area contributed by atoms with E-state index in [1.165, 1.54) is 44.9 Å². The lowest BCUT2D eigenvalue weighted by atomic mass is 9.74. The average molecular weight is 268 g/mol. The van der Waals surface area contributed by atoms with Crippen LogP contribution in [0.25, 0.3) is 0 Å². The molecule has 5 atom stereocenters. The molecule has 1 N–H and O–H groups in total. The van der Waals surface area contributed by atoms with Crippen LogP contribution in [0.5, 0.6) is 0 Å². The highest BCUT2D eigenvalue weighted by Crippen LogP contribution is 2.37. The molecule has 3 fully saturated rings. The molecule has 0 aromatic carbocycles. The summed E-state index contributed by atoms with van der Waals surface area (Å²) in [6.45, 7) is 1.85. The number of aliphatic hydroxyl groups excluding tert-OH is 1. The first-order valence-electron chi connectivity index (χ1n) is 8.24. The molecule has 3 nitrogen and oxygen atoms in total. The fourth-order valence-electron chi connectivity index (χ4n) is 4.22. The second kappa shape index (κ2) is 6.55. The van der Waals surface area contributed by atoms with Gasteiger partial charge in [0, 0.05) is 13.2 Å². The second-order valence-electron chi connectivity index (χ2n) is 6.68. The summed E-state index contributed by atoms with van der Waals surface area (Å²) in [6, 6.07) is 0. The maximum atomic E-state index is 10.6. The lowest BCUT2D eigenvalue weighted by Gasteiger charge is -2.37. The van der Waals surface area contributed by atoms with Crippen LogP contribution in [0.15, 0.2) is 0 Å². The predicted molar refractivity (Wildman–Crippen MR) is 74.0 cm³/mol. The first-order chi connectivity index (χ1) is 9.33. The van der Waals surface area contributed by atoms with Gasteiger partial charge in [-0.25, -0.2) is 0 Å².